The molecule has 0 aliphatic heterocycles. The first kappa shape index (κ1) is 67.3. The van der Waals surface area contributed by atoms with Crippen LogP contribution in [-0.2, 0) is 0 Å². The van der Waals surface area contributed by atoms with E-state index < -0.39 is 0 Å². The van der Waals surface area contributed by atoms with E-state index in [9.17, 15) is 0 Å². The summed E-state index contributed by atoms with van der Waals surface area (Å²) < 4.78 is 17.2. The lowest BCUT2D eigenvalue weighted by molar-refractivity contribution is 0.669. The van der Waals surface area contributed by atoms with Crippen molar-refractivity contribution in [2.24, 2.45) is 0 Å². The summed E-state index contributed by atoms with van der Waals surface area (Å²) >= 11 is 0. The first-order valence-corrected chi connectivity index (χ1v) is 41.8. The second-order valence-electron chi connectivity index (χ2n) is 32.9. The first-order chi connectivity index (χ1) is 59.9. The molecule has 0 aliphatic carbocycles. The number of nitrogens with zero attached hydrogens (tertiary/aromatic N) is 1. The van der Waals surface area contributed by atoms with Crippen molar-refractivity contribution in [3.8, 4) is 94.7 Å². The maximum atomic E-state index is 7.36. The fourth-order valence-electron chi connectivity index (χ4n) is 20.4. The third-order valence-corrected chi connectivity index (χ3v) is 26.3. The molecule has 0 saturated carbocycles. The number of fused-ring (bicyclic) bond motifs is 23. The van der Waals surface area contributed by atoms with E-state index >= 15 is 0 Å². The summed E-state index contributed by atoms with van der Waals surface area (Å²) in [7, 11) is 0. The largest absolute Gasteiger partial charge is 0.455 e. The second-order valence-corrected chi connectivity index (χ2v) is 32.9. The summed E-state index contributed by atoms with van der Waals surface area (Å²) in [6.07, 6.45) is 0. The van der Waals surface area contributed by atoms with Crippen molar-refractivity contribution in [3.63, 3.8) is 0 Å². The van der Waals surface area contributed by atoms with Crippen LogP contribution < -0.4 is 0 Å². The third kappa shape index (κ3) is 10.6. The molecule has 0 fully saturated rings. The number of benzene rings is 23. The Balaban J connectivity index is 0.704. The molecule has 0 bridgehead atoms. The minimum atomic E-state index is 0.835. The Kier molecular flexibility index (Phi) is 14.6. The lowest BCUT2D eigenvalue weighted by atomic mass is 9.86. The minimum Gasteiger partial charge on any atom is -0.455 e. The summed E-state index contributed by atoms with van der Waals surface area (Å²) in [5, 5.41) is 31.0. The van der Waals surface area contributed by atoms with Gasteiger partial charge in [0.05, 0.1) is 11.0 Å². The molecule has 23 aromatic carbocycles. The van der Waals surface area contributed by atoms with Crippen LogP contribution in [0.4, 0.5) is 0 Å². The van der Waals surface area contributed by atoms with Gasteiger partial charge in [0, 0.05) is 49.1 Å². The number of furan rings is 2. The molecule has 3 heteroatoms. The first-order valence-electron chi connectivity index (χ1n) is 41.8. The van der Waals surface area contributed by atoms with Crippen molar-refractivity contribution in [1.29, 1.82) is 0 Å². The third-order valence-electron chi connectivity index (χ3n) is 26.3. The fourth-order valence-corrected chi connectivity index (χ4v) is 20.4. The van der Waals surface area contributed by atoms with Crippen molar-refractivity contribution in [2.75, 3.05) is 0 Å². The van der Waals surface area contributed by atoms with Crippen molar-refractivity contribution < 1.29 is 8.83 Å². The van der Waals surface area contributed by atoms with E-state index in [1.807, 2.05) is 0 Å². The van der Waals surface area contributed by atoms with Crippen LogP contribution >= 0.6 is 0 Å². The molecule has 3 heterocycles. The van der Waals surface area contributed by atoms with Gasteiger partial charge in [0.1, 0.15) is 22.3 Å². The highest BCUT2D eigenvalue weighted by Crippen LogP contribution is 2.50. The van der Waals surface area contributed by atoms with Gasteiger partial charge in [-0.3, -0.25) is 0 Å². The van der Waals surface area contributed by atoms with Crippen molar-refractivity contribution >= 4 is 173 Å². The van der Waals surface area contributed by atoms with Crippen LogP contribution in [0.15, 0.2) is 427 Å². The van der Waals surface area contributed by atoms with Gasteiger partial charge in [0.15, 0.2) is 0 Å². The minimum absolute atomic E-state index is 0.835. The number of hydrogen-bond donors (Lipinski definition) is 0. The van der Waals surface area contributed by atoms with E-state index in [1.165, 1.54) is 124 Å². The van der Waals surface area contributed by atoms with Gasteiger partial charge >= 0.3 is 0 Å². The van der Waals surface area contributed by atoms with Crippen LogP contribution in [0.3, 0.4) is 0 Å². The normalized spacial score (nSPS) is 12.1. The van der Waals surface area contributed by atoms with E-state index in [0.29, 0.717) is 0 Å². The molecule has 0 atom stereocenters. The van der Waals surface area contributed by atoms with Gasteiger partial charge in [0.25, 0.3) is 0 Å². The molecule has 3 nitrogen and oxygen atoms in total. The van der Waals surface area contributed by atoms with Crippen LogP contribution in [0.25, 0.3) is 268 Å². The van der Waals surface area contributed by atoms with Crippen molar-refractivity contribution in [1.82, 2.24) is 4.57 Å². The molecule has 0 N–H and O–H groups in total. The summed E-state index contributed by atoms with van der Waals surface area (Å²) in [5.41, 5.74) is 24.6. The Morgan fingerprint density at radius 1 is 0.149 bits per heavy atom. The standard InChI is InChI=1S/C118H69NO2/c1-2-20-78(21-3-1)115-95-26-12-14-28-97(95)116(98-29-15-13-27-96(98)115)79-46-52-90(53-47-79)119-111-54-48-86(103-66-88(84-44-40-76-36-32-72-18-6-10-24-93(72)101(76)60-84)68-109-107-62-82(50-56-113(107)120-117(103)109)80-42-38-74-34-30-70-16-4-8-22-91(70)99(74)58-80)64-105(111)106-65-87(49-55-112(106)119)104-67-89(85-45-41-77-37-33-73-19-7-11-25-94(73)102(77)61-85)69-110-108-63-83(51-57-114(108)121-118(104)110)81-43-39-75-35-31-71-17-5-9-23-92(71)100(75)59-81/h1-69H. The lowest BCUT2D eigenvalue weighted by Crippen LogP contribution is -1.95. The van der Waals surface area contributed by atoms with E-state index in [1.54, 1.807) is 0 Å². The van der Waals surface area contributed by atoms with Gasteiger partial charge in [-0.05, 0) is 295 Å². The molecule has 0 saturated heterocycles. The maximum absolute atomic E-state index is 7.36. The average Bonchev–Trinajstić information content (AvgIpc) is 1.63. The zero-order valence-electron chi connectivity index (χ0n) is 65.6. The molecule has 558 valence electrons. The Morgan fingerprint density at radius 3 is 0.769 bits per heavy atom. The summed E-state index contributed by atoms with van der Waals surface area (Å²) in [6, 6.07) is 156. The molecule has 121 heavy (non-hydrogen) atoms. The van der Waals surface area contributed by atoms with Gasteiger partial charge in [-0.2, -0.15) is 0 Å². The van der Waals surface area contributed by atoms with E-state index in [2.05, 4.69) is 423 Å². The quantitative estimate of drug-likeness (QED) is 0.107. The van der Waals surface area contributed by atoms with Crippen molar-refractivity contribution in [2.45, 2.75) is 0 Å². The van der Waals surface area contributed by atoms with Gasteiger partial charge in [0.2, 0.25) is 0 Å². The average molecular weight is 1530 g/mol. The van der Waals surface area contributed by atoms with E-state index in [-0.39, 0.29) is 0 Å². The molecular formula is C118H69NO2. The van der Waals surface area contributed by atoms with Gasteiger partial charge in [-0.1, -0.05) is 309 Å². The van der Waals surface area contributed by atoms with Crippen LogP contribution in [-0.4, -0.2) is 4.57 Å². The van der Waals surface area contributed by atoms with E-state index in [4.69, 9.17) is 8.83 Å². The lowest BCUT2D eigenvalue weighted by Gasteiger charge is -2.18. The zero-order valence-corrected chi connectivity index (χ0v) is 65.6. The maximum Gasteiger partial charge on any atom is 0.143 e. The van der Waals surface area contributed by atoms with Gasteiger partial charge in [-0.15, -0.1) is 0 Å². The summed E-state index contributed by atoms with van der Waals surface area (Å²) in [5.74, 6) is 0. The predicted molar refractivity (Wildman–Crippen MR) is 514 cm³/mol. The molecule has 0 aliphatic rings. The van der Waals surface area contributed by atoms with Crippen LogP contribution in [0, 0.1) is 0 Å². The van der Waals surface area contributed by atoms with Crippen LogP contribution in [0.1, 0.15) is 0 Å². The number of aromatic nitrogens is 1. The summed E-state index contributed by atoms with van der Waals surface area (Å²) in [4.78, 5) is 0. The van der Waals surface area contributed by atoms with Crippen LogP contribution in [0.5, 0.6) is 0 Å². The smallest absolute Gasteiger partial charge is 0.143 e. The Bertz CT molecular complexity index is 8490. The highest BCUT2D eigenvalue weighted by Gasteiger charge is 2.25. The molecule has 0 radical (unpaired) electrons. The van der Waals surface area contributed by atoms with Gasteiger partial charge < -0.3 is 13.4 Å². The Labute approximate surface area is 695 Å². The zero-order chi connectivity index (χ0) is 79.1. The molecule has 0 amide bonds. The molecular weight excluding hydrogens is 1460 g/mol. The second kappa shape index (κ2) is 26.3. The number of rotatable bonds is 9. The highest BCUT2D eigenvalue weighted by molar-refractivity contribution is 6.24. The van der Waals surface area contributed by atoms with Crippen molar-refractivity contribution in [3.05, 3.63) is 419 Å². The van der Waals surface area contributed by atoms with E-state index in [0.717, 1.165) is 144 Å². The van der Waals surface area contributed by atoms with Gasteiger partial charge in [-0.25, -0.2) is 0 Å². The summed E-state index contributed by atoms with van der Waals surface area (Å²) in [6.45, 7) is 0. The molecule has 0 spiro atoms. The number of hydrogen-bond acceptors (Lipinski definition) is 2. The highest BCUT2D eigenvalue weighted by atomic mass is 16.3. The monoisotopic (exact) mass is 1530 g/mol. The molecule has 0 unspecified atom stereocenters. The SMILES string of the molecule is c1ccc(-c2c3ccccc3c(-c3ccc(-n4c5ccc(-c6cc(-c7ccc8ccc9ccccc9c8c7)cc7c6oc6ccc(-c8ccc9ccc%10ccccc%10c9c8)cc67)cc5c5cc(-c6cc(-c7ccc8ccc9ccccc9c8c7)cc7c6oc6ccc(-c8ccc9ccc%10ccccc%10c9c8)cc67)ccc54)cc3)c3ccccc23)cc1. The molecule has 3 aromatic heterocycles. The predicted octanol–water partition coefficient (Wildman–Crippen LogP) is 33.5. The Morgan fingerprint density at radius 2 is 0.405 bits per heavy atom. The Hall–Kier alpha value is -15.9. The fraction of sp³-hybridized carbons (Fsp3) is 0. The van der Waals surface area contributed by atoms with Crippen LogP contribution in [0.2, 0.25) is 0 Å². The topological polar surface area (TPSA) is 31.2 Å². The molecule has 26 aromatic rings. The molecule has 26 rings (SSSR count).